The minimum atomic E-state index is -0.447. The summed E-state index contributed by atoms with van der Waals surface area (Å²) in [6, 6.07) is 5.19. The average Bonchev–Trinajstić information content (AvgIpc) is 3.05. The number of ether oxygens (including phenoxy) is 1. The van der Waals surface area contributed by atoms with Crippen LogP contribution in [-0.2, 0) is 4.74 Å². The van der Waals surface area contributed by atoms with E-state index in [4.69, 9.17) is 20.8 Å². The molecule has 0 aliphatic carbocycles. The number of hydrogen-bond acceptors (Lipinski definition) is 5. The van der Waals surface area contributed by atoms with Gasteiger partial charge in [0, 0.05) is 20.8 Å². The van der Waals surface area contributed by atoms with Crippen LogP contribution in [0.15, 0.2) is 22.6 Å². The first-order valence-corrected chi connectivity index (χ1v) is 9.30. The molecule has 0 saturated carbocycles. The van der Waals surface area contributed by atoms with Crippen LogP contribution in [-0.4, -0.2) is 18.5 Å². The van der Waals surface area contributed by atoms with Crippen molar-refractivity contribution in [3.63, 3.8) is 0 Å². The summed E-state index contributed by atoms with van der Waals surface area (Å²) in [5, 5.41) is 4.61. The van der Waals surface area contributed by atoms with E-state index in [-0.39, 0.29) is 12.4 Å². The van der Waals surface area contributed by atoms with Crippen molar-refractivity contribution in [2.24, 2.45) is 0 Å². The molecule has 1 aromatic carbocycles. The fourth-order valence-corrected chi connectivity index (χ4v) is 3.95. The van der Waals surface area contributed by atoms with Crippen molar-refractivity contribution in [3.8, 4) is 0 Å². The first kappa shape index (κ1) is 18.5. The normalized spacial score (nSPS) is 11.0. The van der Waals surface area contributed by atoms with Crippen LogP contribution in [0.5, 0.6) is 0 Å². The standard InChI is InChI=1S/C19H18ClNO4S/c1-5-24-19(23)15-9(2)11(4)26-18(15)21-17(22)16-10(3)13-8-12(20)6-7-14(13)25-16/h6-8H,5H2,1-4H3,(H,21,22). The molecule has 0 aliphatic heterocycles. The second kappa shape index (κ2) is 7.13. The number of carbonyl (C=O) groups excluding carboxylic acids is 2. The molecule has 0 spiro atoms. The lowest BCUT2D eigenvalue weighted by molar-refractivity contribution is 0.0527. The van der Waals surface area contributed by atoms with E-state index in [1.165, 1.54) is 11.3 Å². The van der Waals surface area contributed by atoms with E-state index < -0.39 is 11.9 Å². The van der Waals surface area contributed by atoms with Crippen molar-refractivity contribution >= 4 is 50.8 Å². The van der Waals surface area contributed by atoms with Crippen molar-refractivity contribution in [1.29, 1.82) is 0 Å². The van der Waals surface area contributed by atoms with Gasteiger partial charge < -0.3 is 14.5 Å². The molecule has 0 radical (unpaired) electrons. The third kappa shape index (κ3) is 3.22. The molecule has 0 aliphatic rings. The average molecular weight is 392 g/mol. The molecule has 5 nitrogen and oxygen atoms in total. The topological polar surface area (TPSA) is 68.5 Å². The largest absolute Gasteiger partial charge is 0.462 e. The number of aryl methyl sites for hydroxylation is 2. The molecule has 2 heterocycles. The molecule has 7 heteroatoms. The summed E-state index contributed by atoms with van der Waals surface area (Å²) in [6.07, 6.45) is 0. The summed E-state index contributed by atoms with van der Waals surface area (Å²) in [7, 11) is 0. The Morgan fingerprint density at radius 2 is 1.96 bits per heavy atom. The zero-order valence-corrected chi connectivity index (χ0v) is 16.4. The van der Waals surface area contributed by atoms with Crippen LogP contribution in [0.25, 0.3) is 11.0 Å². The highest BCUT2D eigenvalue weighted by molar-refractivity contribution is 7.16. The van der Waals surface area contributed by atoms with Gasteiger partial charge in [-0.15, -0.1) is 11.3 Å². The lowest BCUT2D eigenvalue weighted by Crippen LogP contribution is -2.15. The predicted molar refractivity (Wildman–Crippen MR) is 104 cm³/mol. The van der Waals surface area contributed by atoms with Gasteiger partial charge >= 0.3 is 5.97 Å². The predicted octanol–water partition coefficient (Wildman–Crippen LogP) is 5.50. The van der Waals surface area contributed by atoms with Crippen LogP contribution in [0, 0.1) is 20.8 Å². The van der Waals surface area contributed by atoms with E-state index in [1.807, 2.05) is 13.8 Å². The lowest BCUT2D eigenvalue weighted by Gasteiger charge is -2.06. The third-order valence-electron chi connectivity index (χ3n) is 4.20. The van der Waals surface area contributed by atoms with Crippen molar-refractivity contribution in [1.82, 2.24) is 0 Å². The fourth-order valence-electron chi connectivity index (χ4n) is 2.73. The van der Waals surface area contributed by atoms with E-state index in [0.29, 0.717) is 26.7 Å². The van der Waals surface area contributed by atoms with Crippen molar-refractivity contribution < 1.29 is 18.7 Å². The first-order valence-electron chi connectivity index (χ1n) is 8.10. The molecule has 26 heavy (non-hydrogen) atoms. The van der Waals surface area contributed by atoms with E-state index in [0.717, 1.165) is 15.8 Å². The Morgan fingerprint density at radius 3 is 2.65 bits per heavy atom. The van der Waals surface area contributed by atoms with Gasteiger partial charge in [0.2, 0.25) is 0 Å². The Morgan fingerprint density at radius 1 is 1.23 bits per heavy atom. The van der Waals surface area contributed by atoms with Crippen molar-refractivity contribution in [3.05, 3.63) is 50.5 Å². The van der Waals surface area contributed by atoms with Crippen LogP contribution < -0.4 is 5.32 Å². The van der Waals surface area contributed by atoms with Crippen molar-refractivity contribution in [2.45, 2.75) is 27.7 Å². The van der Waals surface area contributed by atoms with Crippen LogP contribution in [0.4, 0.5) is 5.00 Å². The summed E-state index contributed by atoms with van der Waals surface area (Å²) in [5.74, 6) is -0.667. The van der Waals surface area contributed by atoms with Crippen LogP contribution >= 0.6 is 22.9 Å². The highest BCUT2D eigenvalue weighted by atomic mass is 35.5. The summed E-state index contributed by atoms with van der Waals surface area (Å²) in [6.45, 7) is 7.54. The number of benzene rings is 1. The number of hydrogen-bond donors (Lipinski definition) is 1. The maximum Gasteiger partial charge on any atom is 0.341 e. The highest BCUT2D eigenvalue weighted by Gasteiger charge is 2.24. The number of furan rings is 1. The molecule has 1 amide bonds. The minimum absolute atomic E-state index is 0.195. The lowest BCUT2D eigenvalue weighted by atomic mass is 10.1. The molecule has 0 atom stereocenters. The van der Waals surface area contributed by atoms with Gasteiger partial charge in [-0.3, -0.25) is 4.79 Å². The molecule has 0 unspecified atom stereocenters. The van der Waals surface area contributed by atoms with Gasteiger partial charge in [-0.25, -0.2) is 4.79 Å². The number of rotatable bonds is 4. The molecule has 3 rings (SSSR count). The van der Waals surface area contributed by atoms with Gasteiger partial charge in [-0.1, -0.05) is 11.6 Å². The molecule has 3 aromatic rings. The van der Waals surface area contributed by atoms with Gasteiger partial charge in [-0.2, -0.15) is 0 Å². The molecule has 1 N–H and O–H groups in total. The zero-order chi connectivity index (χ0) is 19.0. The van der Waals surface area contributed by atoms with E-state index in [9.17, 15) is 9.59 Å². The summed E-state index contributed by atoms with van der Waals surface area (Å²) >= 11 is 7.36. The maximum absolute atomic E-state index is 12.8. The summed E-state index contributed by atoms with van der Waals surface area (Å²) < 4.78 is 10.8. The Bertz CT molecular complexity index is 1020. The van der Waals surface area contributed by atoms with Crippen molar-refractivity contribution in [2.75, 3.05) is 11.9 Å². The Labute approximate surface area is 159 Å². The second-order valence-electron chi connectivity index (χ2n) is 5.86. The Balaban J connectivity index is 1.97. The van der Waals surface area contributed by atoms with E-state index >= 15 is 0 Å². The van der Waals surface area contributed by atoms with Crippen LogP contribution in [0.3, 0.4) is 0 Å². The molecule has 2 aromatic heterocycles. The molecule has 0 fully saturated rings. The summed E-state index contributed by atoms with van der Waals surface area (Å²) in [4.78, 5) is 26.0. The summed E-state index contributed by atoms with van der Waals surface area (Å²) in [5.41, 5.74) is 2.47. The first-order chi connectivity index (χ1) is 12.3. The number of fused-ring (bicyclic) bond motifs is 1. The van der Waals surface area contributed by atoms with Crippen LogP contribution in [0.1, 0.15) is 43.8 Å². The molecular weight excluding hydrogens is 374 g/mol. The quantitative estimate of drug-likeness (QED) is 0.596. The fraction of sp³-hybridized carbons (Fsp3) is 0.263. The number of amides is 1. The molecule has 0 saturated heterocycles. The Kier molecular flexibility index (Phi) is 5.07. The van der Waals surface area contributed by atoms with E-state index in [2.05, 4.69) is 5.32 Å². The zero-order valence-electron chi connectivity index (χ0n) is 14.9. The number of anilines is 1. The minimum Gasteiger partial charge on any atom is -0.462 e. The molecule has 0 bridgehead atoms. The number of halogens is 1. The van der Waals surface area contributed by atoms with Gasteiger partial charge in [0.15, 0.2) is 5.76 Å². The van der Waals surface area contributed by atoms with Gasteiger partial charge in [0.1, 0.15) is 10.6 Å². The van der Waals surface area contributed by atoms with Gasteiger partial charge in [0.25, 0.3) is 5.91 Å². The van der Waals surface area contributed by atoms with Crippen LogP contribution in [0.2, 0.25) is 5.02 Å². The van der Waals surface area contributed by atoms with E-state index in [1.54, 1.807) is 32.0 Å². The van der Waals surface area contributed by atoms with Gasteiger partial charge in [0.05, 0.1) is 12.2 Å². The maximum atomic E-state index is 12.8. The number of esters is 1. The number of nitrogens with one attached hydrogen (secondary N) is 1. The molecular formula is C19H18ClNO4S. The number of carbonyl (C=O) groups is 2. The third-order valence-corrected chi connectivity index (χ3v) is 5.55. The Hall–Kier alpha value is -2.31. The SMILES string of the molecule is CCOC(=O)c1c(NC(=O)c2oc3ccc(Cl)cc3c2C)sc(C)c1C. The smallest absolute Gasteiger partial charge is 0.341 e. The molecule has 136 valence electrons. The monoisotopic (exact) mass is 391 g/mol. The number of thiophene rings is 1. The van der Waals surface area contributed by atoms with Gasteiger partial charge in [-0.05, 0) is 51.5 Å². The highest BCUT2D eigenvalue weighted by Crippen LogP contribution is 2.34. The second-order valence-corrected chi connectivity index (χ2v) is 7.52.